The molecule has 3 nitrogen and oxygen atoms in total. The maximum absolute atomic E-state index is 11.7. The Balaban J connectivity index is 2.52. The van der Waals surface area contributed by atoms with E-state index < -0.39 is 5.54 Å². The summed E-state index contributed by atoms with van der Waals surface area (Å²) in [6.07, 6.45) is 1.23. The van der Waals surface area contributed by atoms with Crippen molar-refractivity contribution in [3.63, 3.8) is 0 Å². The van der Waals surface area contributed by atoms with E-state index in [-0.39, 0.29) is 5.91 Å². The van der Waals surface area contributed by atoms with Crippen LogP contribution in [0.1, 0.15) is 42.5 Å². The van der Waals surface area contributed by atoms with Gasteiger partial charge < -0.3 is 11.1 Å². The summed E-state index contributed by atoms with van der Waals surface area (Å²) >= 11 is 0. The van der Waals surface area contributed by atoms with E-state index in [9.17, 15) is 4.79 Å². The number of nitrogens with two attached hydrogens (primary N) is 1. The molecule has 0 spiro atoms. The maximum atomic E-state index is 11.7. The molecule has 3 N–H and O–H groups in total. The van der Waals surface area contributed by atoms with E-state index in [0.717, 1.165) is 6.42 Å². The van der Waals surface area contributed by atoms with Crippen LogP contribution < -0.4 is 11.1 Å². The zero-order chi connectivity index (χ0) is 14.6. The van der Waals surface area contributed by atoms with Gasteiger partial charge >= 0.3 is 0 Å². The van der Waals surface area contributed by atoms with Crippen LogP contribution in [0.3, 0.4) is 0 Å². The molecular formula is C16H26N2O. The van der Waals surface area contributed by atoms with E-state index in [2.05, 4.69) is 38.2 Å². The van der Waals surface area contributed by atoms with E-state index in [4.69, 9.17) is 5.73 Å². The molecule has 0 aliphatic heterocycles. The summed E-state index contributed by atoms with van der Waals surface area (Å²) in [5.41, 5.74) is 10.6. The summed E-state index contributed by atoms with van der Waals surface area (Å²) in [4.78, 5) is 11.7. The third kappa shape index (κ3) is 5.43. The van der Waals surface area contributed by atoms with Gasteiger partial charge in [-0.3, -0.25) is 4.79 Å². The summed E-state index contributed by atoms with van der Waals surface area (Å²) in [5, 5.41) is 2.94. The zero-order valence-corrected chi connectivity index (χ0v) is 12.8. The Labute approximate surface area is 116 Å². The highest BCUT2D eigenvalue weighted by molar-refractivity contribution is 5.77. The molecule has 0 atom stereocenters. The number of hydrogen-bond donors (Lipinski definition) is 2. The molecule has 1 amide bonds. The predicted octanol–water partition coefficient (Wildman–Crippen LogP) is 2.40. The Morgan fingerprint density at radius 1 is 1.21 bits per heavy atom. The van der Waals surface area contributed by atoms with Crippen LogP contribution in [0, 0.1) is 20.8 Å². The standard InChI is InChI=1S/C16H26N2O/c1-11-8-12(2)14(13(3)9-11)6-7-18-15(19)10-16(4,5)17/h8-9H,6-7,10,17H2,1-5H3,(H,18,19). The summed E-state index contributed by atoms with van der Waals surface area (Å²) < 4.78 is 0. The van der Waals surface area contributed by atoms with Gasteiger partial charge in [0.05, 0.1) is 0 Å². The molecule has 19 heavy (non-hydrogen) atoms. The first kappa shape index (κ1) is 15.7. The van der Waals surface area contributed by atoms with Crippen LogP contribution in [-0.2, 0) is 11.2 Å². The highest BCUT2D eigenvalue weighted by atomic mass is 16.1. The van der Waals surface area contributed by atoms with Crippen molar-refractivity contribution >= 4 is 5.91 Å². The number of rotatable bonds is 5. The fourth-order valence-corrected chi connectivity index (χ4v) is 2.41. The van der Waals surface area contributed by atoms with E-state index in [1.54, 1.807) is 0 Å². The quantitative estimate of drug-likeness (QED) is 0.856. The van der Waals surface area contributed by atoms with Gasteiger partial charge in [0.15, 0.2) is 0 Å². The maximum Gasteiger partial charge on any atom is 0.221 e. The molecule has 0 unspecified atom stereocenters. The number of aryl methyl sites for hydroxylation is 3. The van der Waals surface area contributed by atoms with Crippen LogP contribution in [0.4, 0.5) is 0 Å². The van der Waals surface area contributed by atoms with Crippen LogP contribution in [0.5, 0.6) is 0 Å². The normalized spacial score (nSPS) is 11.5. The lowest BCUT2D eigenvalue weighted by Gasteiger charge is -2.18. The van der Waals surface area contributed by atoms with Crippen molar-refractivity contribution in [1.29, 1.82) is 0 Å². The smallest absolute Gasteiger partial charge is 0.221 e. The molecule has 0 heterocycles. The average molecular weight is 262 g/mol. The minimum absolute atomic E-state index is 0.0231. The van der Waals surface area contributed by atoms with Gasteiger partial charge in [-0.05, 0) is 57.7 Å². The summed E-state index contributed by atoms with van der Waals surface area (Å²) in [5.74, 6) is 0.0231. The molecule has 0 fully saturated rings. The molecular weight excluding hydrogens is 236 g/mol. The van der Waals surface area contributed by atoms with Gasteiger partial charge in [0.1, 0.15) is 0 Å². The highest BCUT2D eigenvalue weighted by Crippen LogP contribution is 2.16. The Bertz CT molecular complexity index is 435. The van der Waals surface area contributed by atoms with Crippen LogP contribution in [0.2, 0.25) is 0 Å². The minimum Gasteiger partial charge on any atom is -0.356 e. The van der Waals surface area contributed by atoms with E-state index in [1.807, 2.05) is 13.8 Å². The van der Waals surface area contributed by atoms with Gasteiger partial charge in [0.25, 0.3) is 0 Å². The lowest BCUT2D eigenvalue weighted by atomic mass is 9.97. The summed E-state index contributed by atoms with van der Waals surface area (Å²) in [7, 11) is 0. The van der Waals surface area contributed by atoms with Crippen molar-refractivity contribution in [3.8, 4) is 0 Å². The molecule has 0 aromatic heterocycles. The first-order chi connectivity index (χ1) is 8.69. The van der Waals surface area contributed by atoms with Gasteiger partial charge in [-0.2, -0.15) is 0 Å². The van der Waals surface area contributed by atoms with Crippen LogP contribution in [0.15, 0.2) is 12.1 Å². The largest absolute Gasteiger partial charge is 0.356 e. The van der Waals surface area contributed by atoms with Crippen LogP contribution in [-0.4, -0.2) is 18.0 Å². The molecule has 0 saturated carbocycles. The average Bonchev–Trinajstić information content (AvgIpc) is 2.19. The molecule has 3 heteroatoms. The molecule has 0 saturated heterocycles. The first-order valence-corrected chi connectivity index (χ1v) is 6.81. The van der Waals surface area contributed by atoms with Gasteiger partial charge in [0, 0.05) is 18.5 Å². The zero-order valence-electron chi connectivity index (χ0n) is 12.8. The fraction of sp³-hybridized carbons (Fsp3) is 0.562. The van der Waals surface area contributed by atoms with Crippen molar-refractivity contribution in [3.05, 3.63) is 34.4 Å². The molecule has 0 bridgehead atoms. The van der Waals surface area contributed by atoms with E-state index >= 15 is 0 Å². The monoisotopic (exact) mass is 262 g/mol. The Kier molecular flexibility index (Phi) is 5.12. The van der Waals surface area contributed by atoms with Crippen molar-refractivity contribution in [2.24, 2.45) is 5.73 Å². The number of nitrogens with one attached hydrogen (secondary N) is 1. The third-order valence-corrected chi connectivity index (χ3v) is 3.15. The third-order valence-electron chi connectivity index (χ3n) is 3.15. The number of hydrogen-bond acceptors (Lipinski definition) is 2. The summed E-state index contributed by atoms with van der Waals surface area (Å²) in [6, 6.07) is 4.38. The molecule has 1 aromatic carbocycles. The van der Waals surface area contributed by atoms with Crippen LogP contribution in [0.25, 0.3) is 0 Å². The Morgan fingerprint density at radius 2 is 1.74 bits per heavy atom. The van der Waals surface area contributed by atoms with Crippen molar-refractivity contribution in [2.75, 3.05) is 6.54 Å². The second-order valence-corrected chi connectivity index (χ2v) is 6.14. The van der Waals surface area contributed by atoms with Crippen molar-refractivity contribution < 1.29 is 4.79 Å². The Morgan fingerprint density at radius 3 is 2.21 bits per heavy atom. The minimum atomic E-state index is -0.445. The highest BCUT2D eigenvalue weighted by Gasteiger charge is 2.15. The van der Waals surface area contributed by atoms with Gasteiger partial charge in [-0.25, -0.2) is 0 Å². The molecule has 1 aromatic rings. The molecule has 1 rings (SSSR count). The lowest BCUT2D eigenvalue weighted by molar-refractivity contribution is -0.121. The van der Waals surface area contributed by atoms with Gasteiger partial charge in [0.2, 0.25) is 5.91 Å². The summed E-state index contributed by atoms with van der Waals surface area (Å²) in [6.45, 7) is 10.7. The SMILES string of the molecule is Cc1cc(C)c(CCNC(=O)CC(C)(C)N)c(C)c1. The topological polar surface area (TPSA) is 55.1 Å². The molecule has 0 aliphatic rings. The van der Waals surface area contributed by atoms with Crippen molar-refractivity contribution in [1.82, 2.24) is 5.32 Å². The first-order valence-electron chi connectivity index (χ1n) is 6.81. The number of benzene rings is 1. The molecule has 0 radical (unpaired) electrons. The molecule has 0 aliphatic carbocycles. The second-order valence-electron chi connectivity index (χ2n) is 6.14. The van der Waals surface area contributed by atoms with Crippen LogP contribution >= 0.6 is 0 Å². The van der Waals surface area contributed by atoms with E-state index in [1.165, 1.54) is 22.3 Å². The fourth-order valence-electron chi connectivity index (χ4n) is 2.41. The van der Waals surface area contributed by atoms with Gasteiger partial charge in [-0.15, -0.1) is 0 Å². The number of carbonyl (C=O) groups excluding carboxylic acids is 1. The van der Waals surface area contributed by atoms with E-state index in [0.29, 0.717) is 13.0 Å². The molecule has 106 valence electrons. The Hall–Kier alpha value is -1.35. The van der Waals surface area contributed by atoms with Gasteiger partial charge in [-0.1, -0.05) is 17.7 Å². The number of amides is 1. The predicted molar refractivity (Wildman–Crippen MR) is 80.3 cm³/mol. The number of carbonyl (C=O) groups is 1. The van der Waals surface area contributed by atoms with Crippen molar-refractivity contribution in [2.45, 2.75) is 53.0 Å². The lowest BCUT2D eigenvalue weighted by Crippen LogP contribution is -2.39. The second kappa shape index (κ2) is 6.20.